The van der Waals surface area contributed by atoms with Gasteiger partial charge in [0.1, 0.15) is 18.8 Å². The van der Waals surface area contributed by atoms with Crippen LogP contribution in [0.4, 0.5) is 0 Å². The first-order chi connectivity index (χ1) is 14.8. The lowest BCUT2D eigenvalue weighted by atomic mass is 9.84. The third-order valence-electron chi connectivity index (χ3n) is 4.91. The normalized spacial score (nSPS) is 26.8. The van der Waals surface area contributed by atoms with Gasteiger partial charge in [-0.1, -0.05) is 13.8 Å². The second-order valence-corrected chi connectivity index (χ2v) is 7.47. The van der Waals surface area contributed by atoms with Crippen LogP contribution in [0.15, 0.2) is 0 Å². The number of hydrogen-bond acceptors (Lipinski definition) is 11. The van der Waals surface area contributed by atoms with Crippen LogP contribution in [0, 0.1) is 5.92 Å². The Balaban J connectivity index is 3.43. The number of aliphatic hydroxyl groups is 1. The highest BCUT2D eigenvalue weighted by molar-refractivity contribution is 5.78. The zero-order chi connectivity index (χ0) is 24.6. The molecule has 0 saturated carbocycles. The second-order valence-electron chi connectivity index (χ2n) is 7.47. The van der Waals surface area contributed by atoms with Gasteiger partial charge in [-0.05, 0) is 0 Å². The molecule has 0 bridgehead atoms. The fraction of sp³-hybridized carbons (Fsp3) is 0.750. The standard InChI is InChI=1S/C20H31NO11/c1-7-16(25)21-17-14(30-12(4)23)8-20(27,19(26)28-6)32-18(17)10(2)15(31-13(5)24)9-29-11(3)22/h10,14-15,17-18,27H,7-9H2,1-6H3,(H,21,25)/t10-,14+,15-,17-,18+,20-/m1/s1. The lowest BCUT2D eigenvalue weighted by Crippen LogP contribution is -2.66. The van der Waals surface area contributed by atoms with Crippen LogP contribution in [0.3, 0.4) is 0 Å². The number of hydrogen-bond donors (Lipinski definition) is 2. The van der Waals surface area contributed by atoms with E-state index in [1.807, 2.05) is 0 Å². The minimum atomic E-state index is -2.51. The number of amides is 1. The van der Waals surface area contributed by atoms with Crippen LogP contribution in [0.25, 0.3) is 0 Å². The molecule has 12 nitrogen and oxygen atoms in total. The van der Waals surface area contributed by atoms with Gasteiger partial charge in [0.25, 0.3) is 5.79 Å². The van der Waals surface area contributed by atoms with E-state index in [1.54, 1.807) is 13.8 Å². The molecule has 1 fully saturated rings. The molecule has 2 N–H and O–H groups in total. The average molecular weight is 461 g/mol. The Morgan fingerprint density at radius 2 is 1.75 bits per heavy atom. The van der Waals surface area contributed by atoms with Crippen molar-refractivity contribution in [1.29, 1.82) is 0 Å². The minimum absolute atomic E-state index is 0.0898. The van der Waals surface area contributed by atoms with E-state index in [-0.39, 0.29) is 13.0 Å². The van der Waals surface area contributed by atoms with Crippen LogP contribution in [0.2, 0.25) is 0 Å². The van der Waals surface area contributed by atoms with Gasteiger partial charge in [-0.3, -0.25) is 19.2 Å². The summed E-state index contributed by atoms with van der Waals surface area (Å²) in [6, 6.07) is -1.03. The van der Waals surface area contributed by atoms with Crippen LogP contribution >= 0.6 is 0 Å². The SMILES string of the molecule is CCC(=O)N[C@H]1[C@H]([C@H](C)[C@@H](COC(C)=O)OC(C)=O)O[C@@](O)(C(=O)OC)C[C@@H]1OC(C)=O. The van der Waals surface area contributed by atoms with E-state index in [9.17, 15) is 29.1 Å². The summed E-state index contributed by atoms with van der Waals surface area (Å²) >= 11 is 0. The summed E-state index contributed by atoms with van der Waals surface area (Å²) in [5, 5.41) is 13.5. The molecule has 0 spiro atoms. The lowest BCUT2D eigenvalue weighted by molar-refractivity contribution is -0.291. The molecule has 0 aromatic carbocycles. The number of methoxy groups -OCH3 is 1. The zero-order valence-corrected chi connectivity index (χ0v) is 19.0. The summed E-state index contributed by atoms with van der Waals surface area (Å²) in [7, 11) is 1.04. The summed E-state index contributed by atoms with van der Waals surface area (Å²) in [6.45, 7) is 6.25. The molecule has 0 unspecified atom stereocenters. The fourth-order valence-corrected chi connectivity index (χ4v) is 3.39. The van der Waals surface area contributed by atoms with Crippen molar-refractivity contribution in [3.63, 3.8) is 0 Å². The van der Waals surface area contributed by atoms with Crippen molar-refractivity contribution >= 4 is 29.8 Å². The Hall–Kier alpha value is -2.73. The highest BCUT2D eigenvalue weighted by atomic mass is 16.7. The molecule has 0 aliphatic carbocycles. The van der Waals surface area contributed by atoms with E-state index in [1.165, 1.54) is 6.92 Å². The van der Waals surface area contributed by atoms with Crippen molar-refractivity contribution in [3.8, 4) is 0 Å². The summed E-state index contributed by atoms with van der Waals surface area (Å²) in [6.07, 6.45) is -3.89. The van der Waals surface area contributed by atoms with Crippen LogP contribution in [-0.2, 0) is 47.7 Å². The smallest absolute Gasteiger partial charge is 0.366 e. The van der Waals surface area contributed by atoms with Crippen LogP contribution in [-0.4, -0.2) is 78.7 Å². The number of ether oxygens (including phenoxy) is 5. The molecular formula is C20H31NO11. The topological polar surface area (TPSA) is 164 Å². The van der Waals surface area contributed by atoms with Crippen LogP contribution < -0.4 is 5.32 Å². The molecule has 182 valence electrons. The molecule has 1 aliphatic rings. The zero-order valence-electron chi connectivity index (χ0n) is 19.0. The molecule has 6 atom stereocenters. The van der Waals surface area contributed by atoms with E-state index in [0.717, 1.165) is 21.0 Å². The molecule has 1 amide bonds. The van der Waals surface area contributed by atoms with Crippen molar-refractivity contribution in [2.75, 3.05) is 13.7 Å². The molecular weight excluding hydrogens is 430 g/mol. The van der Waals surface area contributed by atoms with Gasteiger partial charge in [0, 0.05) is 33.1 Å². The van der Waals surface area contributed by atoms with E-state index in [2.05, 4.69) is 10.1 Å². The first-order valence-electron chi connectivity index (χ1n) is 10.1. The molecule has 1 aliphatic heterocycles. The third kappa shape index (κ3) is 7.45. The summed E-state index contributed by atoms with van der Waals surface area (Å²) in [5.41, 5.74) is 0. The van der Waals surface area contributed by atoms with Gasteiger partial charge in [-0.15, -0.1) is 0 Å². The maximum Gasteiger partial charge on any atom is 0.366 e. The number of nitrogens with one attached hydrogen (secondary N) is 1. The summed E-state index contributed by atoms with van der Waals surface area (Å²) in [4.78, 5) is 59.0. The predicted molar refractivity (Wildman–Crippen MR) is 106 cm³/mol. The largest absolute Gasteiger partial charge is 0.465 e. The Kier molecular flexibility index (Phi) is 10.0. The van der Waals surface area contributed by atoms with Gasteiger partial charge in [0.15, 0.2) is 0 Å². The predicted octanol–water partition coefficient (Wildman–Crippen LogP) is -0.406. The van der Waals surface area contributed by atoms with Crippen LogP contribution in [0.1, 0.15) is 47.5 Å². The van der Waals surface area contributed by atoms with E-state index < -0.39 is 72.3 Å². The number of rotatable bonds is 9. The number of carbonyl (C=O) groups is 5. The van der Waals surface area contributed by atoms with Gasteiger partial charge in [0.2, 0.25) is 5.91 Å². The molecule has 1 rings (SSSR count). The van der Waals surface area contributed by atoms with Gasteiger partial charge in [0.05, 0.1) is 25.7 Å². The maximum atomic E-state index is 12.3. The minimum Gasteiger partial charge on any atom is -0.465 e. The Morgan fingerprint density at radius 3 is 2.22 bits per heavy atom. The van der Waals surface area contributed by atoms with E-state index in [4.69, 9.17) is 18.9 Å². The molecule has 12 heteroatoms. The van der Waals surface area contributed by atoms with Crippen molar-refractivity contribution in [3.05, 3.63) is 0 Å². The summed E-state index contributed by atoms with van der Waals surface area (Å²) in [5.74, 6) is -6.95. The quantitative estimate of drug-likeness (QED) is 0.339. The number of esters is 4. The second kappa shape index (κ2) is 11.8. The number of carbonyl (C=O) groups excluding carboxylic acids is 5. The van der Waals surface area contributed by atoms with E-state index >= 15 is 0 Å². The summed E-state index contributed by atoms with van der Waals surface area (Å²) < 4.78 is 25.8. The molecule has 0 radical (unpaired) electrons. The fourth-order valence-electron chi connectivity index (χ4n) is 3.39. The molecule has 0 aromatic heterocycles. The van der Waals surface area contributed by atoms with Crippen molar-refractivity contribution in [2.45, 2.75) is 77.6 Å². The monoisotopic (exact) mass is 461 g/mol. The van der Waals surface area contributed by atoms with Gasteiger partial charge in [-0.25, -0.2) is 4.79 Å². The van der Waals surface area contributed by atoms with Crippen molar-refractivity contribution < 1.29 is 52.8 Å². The first kappa shape index (κ1) is 27.3. The van der Waals surface area contributed by atoms with Crippen molar-refractivity contribution in [2.24, 2.45) is 5.92 Å². The van der Waals surface area contributed by atoms with E-state index in [0.29, 0.717) is 0 Å². The maximum absolute atomic E-state index is 12.3. The van der Waals surface area contributed by atoms with Gasteiger partial charge in [-0.2, -0.15) is 0 Å². The lowest BCUT2D eigenvalue weighted by Gasteiger charge is -2.47. The molecule has 1 saturated heterocycles. The Bertz CT molecular complexity index is 724. The highest BCUT2D eigenvalue weighted by Crippen LogP contribution is 2.35. The third-order valence-corrected chi connectivity index (χ3v) is 4.91. The Morgan fingerprint density at radius 1 is 1.12 bits per heavy atom. The Labute approximate surface area is 185 Å². The molecule has 32 heavy (non-hydrogen) atoms. The van der Waals surface area contributed by atoms with Gasteiger partial charge < -0.3 is 34.1 Å². The highest BCUT2D eigenvalue weighted by Gasteiger charge is 2.55. The molecule has 0 aromatic rings. The van der Waals surface area contributed by atoms with Crippen molar-refractivity contribution in [1.82, 2.24) is 5.32 Å². The first-order valence-corrected chi connectivity index (χ1v) is 10.1. The van der Waals surface area contributed by atoms with Gasteiger partial charge >= 0.3 is 23.9 Å². The molecule has 1 heterocycles. The average Bonchev–Trinajstić information content (AvgIpc) is 2.70. The van der Waals surface area contributed by atoms with Crippen LogP contribution in [0.5, 0.6) is 0 Å².